The second-order valence-electron chi connectivity index (χ2n) is 6.84. The Morgan fingerprint density at radius 3 is 2.67 bits per heavy atom. The predicted octanol–water partition coefficient (Wildman–Crippen LogP) is 4.21. The lowest BCUT2D eigenvalue weighted by molar-refractivity contribution is -0.122. The summed E-state index contributed by atoms with van der Waals surface area (Å²) in [5.74, 6) is 0.0507. The number of hydrogen-bond donors (Lipinski definition) is 2. The molecular formula is C19H23ClN4O2S. The number of amides is 2. The third-order valence-corrected chi connectivity index (χ3v) is 6.09. The second kappa shape index (κ2) is 9.37. The molecule has 1 aliphatic heterocycles. The first-order valence-electron chi connectivity index (χ1n) is 9.16. The van der Waals surface area contributed by atoms with Crippen LogP contribution in [0, 0.1) is 5.92 Å². The molecule has 2 aliphatic rings. The van der Waals surface area contributed by atoms with Gasteiger partial charge < -0.3 is 10.6 Å². The maximum Gasteiger partial charge on any atom is 0.240 e. The van der Waals surface area contributed by atoms with Gasteiger partial charge in [0.1, 0.15) is 5.25 Å². The number of anilines is 1. The molecule has 1 atom stereocenters. The number of thioether (sulfide) groups is 1. The number of halogens is 1. The van der Waals surface area contributed by atoms with Crippen LogP contribution in [0.1, 0.15) is 45.4 Å². The number of nitrogens with zero attached hydrogens (tertiary/aromatic N) is 2. The topological polar surface area (TPSA) is 82.9 Å². The normalized spacial score (nSPS) is 22.7. The molecule has 1 saturated carbocycles. The Kier molecular flexibility index (Phi) is 6.90. The zero-order valence-corrected chi connectivity index (χ0v) is 16.8. The Balaban J connectivity index is 1.53. The van der Waals surface area contributed by atoms with Crippen LogP contribution in [0.25, 0.3) is 0 Å². The van der Waals surface area contributed by atoms with Gasteiger partial charge in [-0.15, -0.1) is 5.10 Å². The van der Waals surface area contributed by atoms with Crippen molar-refractivity contribution in [3.8, 4) is 0 Å². The van der Waals surface area contributed by atoms with Crippen LogP contribution >= 0.6 is 23.4 Å². The van der Waals surface area contributed by atoms with Gasteiger partial charge in [-0.3, -0.25) is 9.59 Å². The van der Waals surface area contributed by atoms with Gasteiger partial charge in [0.15, 0.2) is 5.17 Å². The number of rotatable bonds is 5. The fourth-order valence-corrected chi connectivity index (χ4v) is 4.27. The summed E-state index contributed by atoms with van der Waals surface area (Å²) in [7, 11) is 0. The van der Waals surface area contributed by atoms with Gasteiger partial charge in [0.2, 0.25) is 11.8 Å². The van der Waals surface area contributed by atoms with E-state index in [9.17, 15) is 9.59 Å². The van der Waals surface area contributed by atoms with Crippen LogP contribution in [0.2, 0.25) is 5.02 Å². The van der Waals surface area contributed by atoms with Crippen molar-refractivity contribution < 1.29 is 9.59 Å². The van der Waals surface area contributed by atoms with Crippen molar-refractivity contribution in [3.05, 3.63) is 29.3 Å². The number of amidine groups is 1. The molecule has 1 aromatic rings. The van der Waals surface area contributed by atoms with Crippen molar-refractivity contribution >= 4 is 51.7 Å². The Hall–Kier alpha value is -1.86. The van der Waals surface area contributed by atoms with E-state index in [4.69, 9.17) is 11.6 Å². The molecule has 1 aromatic carbocycles. The number of nitrogens with one attached hydrogen (secondary N) is 2. The van der Waals surface area contributed by atoms with Crippen molar-refractivity contribution in [1.29, 1.82) is 0 Å². The largest absolute Gasteiger partial charge is 0.326 e. The first-order chi connectivity index (χ1) is 13.0. The van der Waals surface area contributed by atoms with Gasteiger partial charge in [-0.1, -0.05) is 42.6 Å². The molecule has 0 spiro atoms. The zero-order valence-electron chi connectivity index (χ0n) is 15.2. The third kappa shape index (κ3) is 5.81. The molecular weight excluding hydrogens is 384 g/mol. The number of benzene rings is 1. The average Bonchev–Trinajstić information content (AvgIpc) is 3.01. The van der Waals surface area contributed by atoms with Crippen LogP contribution in [-0.4, -0.2) is 27.9 Å². The van der Waals surface area contributed by atoms with Crippen LogP contribution in [0.15, 0.2) is 34.5 Å². The highest BCUT2D eigenvalue weighted by Gasteiger charge is 2.32. The van der Waals surface area contributed by atoms with Gasteiger partial charge in [0.05, 0.1) is 0 Å². The van der Waals surface area contributed by atoms with Gasteiger partial charge in [-0.2, -0.15) is 5.10 Å². The van der Waals surface area contributed by atoms with E-state index < -0.39 is 5.25 Å². The highest BCUT2D eigenvalue weighted by Crippen LogP contribution is 2.26. The molecule has 0 radical (unpaired) electrons. The molecule has 0 bridgehead atoms. The molecule has 2 fully saturated rings. The number of carbonyl (C=O) groups excluding carboxylic acids is 2. The molecule has 8 heteroatoms. The summed E-state index contributed by atoms with van der Waals surface area (Å²) < 4.78 is 0. The van der Waals surface area contributed by atoms with Crippen molar-refractivity contribution in [3.63, 3.8) is 0 Å². The van der Waals surface area contributed by atoms with Crippen LogP contribution in [0.4, 0.5) is 5.69 Å². The average molecular weight is 407 g/mol. The Bertz CT molecular complexity index is 757. The van der Waals surface area contributed by atoms with Gasteiger partial charge >= 0.3 is 0 Å². The minimum absolute atomic E-state index is 0.0729. The lowest BCUT2D eigenvalue weighted by Gasteiger charge is -2.20. The number of carbonyl (C=O) groups is 2. The third-order valence-electron chi connectivity index (χ3n) is 4.77. The smallest absolute Gasteiger partial charge is 0.240 e. The summed E-state index contributed by atoms with van der Waals surface area (Å²) in [6, 6.07) is 6.84. The van der Waals surface area contributed by atoms with E-state index in [1.807, 2.05) is 6.92 Å². The first-order valence-corrected chi connectivity index (χ1v) is 10.4. The van der Waals surface area contributed by atoms with Gasteiger partial charge in [-0.25, -0.2) is 0 Å². The maximum atomic E-state index is 12.2. The fourth-order valence-electron chi connectivity index (χ4n) is 3.23. The fraction of sp³-hybridized carbons (Fsp3) is 0.474. The van der Waals surface area contributed by atoms with Crippen LogP contribution < -0.4 is 10.6 Å². The predicted molar refractivity (Wildman–Crippen MR) is 111 cm³/mol. The zero-order chi connectivity index (χ0) is 19.2. The first kappa shape index (κ1) is 19.9. The number of hydrogen-bond acceptors (Lipinski definition) is 5. The quantitative estimate of drug-likeness (QED) is 0.567. The molecule has 2 amide bonds. The maximum absolute atomic E-state index is 12.2. The SMILES string of the molecule is C/C(=N/N=C1\NC(=O)[C@H](CC(=O)Nc2ccc(Cl)cc2)S1)C1CCCCC1. The highest BCUT2D eigenvalue weighted by atomic mass is 35.5. The molecule has 0 unspecified atom stereocenters. The summed E-state index contributed by atoms with van der Waals surface area (Å²) in [4.78, 5) is 24.3. The van der Waals surface area contributed by atoms with Crippen LogP contribution in [-0.2, 0) is 9.59 Å². The van der Waals surface area contributed by atoms with E-state index in [2.05, 4.69) is 20.8 Å². The molecule has 0 aromatic heterocycles. The molecule has 27 heavy (non-hydrogen) atoms. The molecule has 1 saturated heterocycles. The van der Waals surface area contributed by atoms with Crippen molar-refractivity contribution in [2.45, 2.75) is 50.7 Å². The lowest BCUT2D eigenvalue weighted by atomic mass is 9.86. The lowest BCUT2D eigenvalue weighted by Crippen LogP contribution is -2.28. The van der Waals surface area contributed by atoms with Gasteiger partial charge in [-0.05, 0) is 49.9 Å². The molecule has 2 N–H and O–H groups in total. The Morgan fingerprint density at radius 1 is 1.26 bits per heavy atom. The summed E-state index contributed by atoms with van der Waals surface area (Å²) >= 11 is 7.08. The highest BCUT2D eigenvalue weighted by molar-refractivity contribution is 8.15. The monoisotopic (exact) mass is 406 g/mol. The summed E-state index contributed by atoms with van der Waals surface area (Å²) in [6.07, 6.45) is 6.17. The standard InChI is InChI=1S/C19H23ClN4O2S/c1-12(13-5-3-2-4-6-13)23-24-19-22-18(26)16(27-19)11-17(25)21-15-9-7-14(20)8-10-15/h7-10,13,16H,2-6,11H2,1H3,(H,21,25)(H,22,24,26)/b23-12-/t16-/m0/s1. The van der Waals surface area contributed by atoms with Crippen molar-refractivity contribution in [2.24, 2.45) is 16.1 Å². The minimum atomic E-state index is -0.499. The van der Waals surface area contributed by atoms with E-state index in [0.29, 0.717) is 21.8 Å². The van der Waals surface area contributed by atoms with Crippen LogP contribution in [0.3, 0.4) is 0 Å². The minimum Gasteiger partial charge on any atom is -0.326 e. The molecule has 3 rings (SSSR count). The van der Waals surface area contributed by atoms with Gasteiger partial charge in [0.25, 0.3) is 0 Å². The molecule has 6 nitrogen and oxygen atoms in total. The Morgan fingerprint density at radius 2 is 1.96 bits per heavy atom. The summed E-state index contributed by atoms with van der Waals surface area (Å²) in [5.41, 5.74) is 1.66. The molecule has 1 aliphatic carbocycles. The second-order valence-corrected chi connectivity index (χ2v) is 8.46. The van der Waals surface area contributed by atoms with Crippen molar-refractivity contribution in [1.82, 2.24) is 5.32 Å². The van der Waals surface area contributed by atoms with E-state index in [1.54, 1.807) is 24.3 Å². The van der Waals surface area contributed by atoms with E-state index in [0.717, 1.165) is 18.6 Å². The summed E-state index contributed by atoms with van der Waals surface area (Å²) in [5, 5.41) is 14.5. The molecule has 1 heterocycles. The van der Waals surface area contributed by atoms with E-state index in [-0.39, 0.29) is 18.2 Å². The molecule has 144 valence electrons. The van der Waals surface area contributed by atoms with E-state index >= 15 is 0 Å². The van der Waals surface area contributed by atoms with Gasteiger partial charge in [0, 0.05) is 22.8 Å². The van der Waals surface area contributed by atoms with Crippen molar-refractivity contribution in [2.75, 3.05) is 5.32 Å². The summed E-state index contributed by atoms with van der Waals surface area (Å²) in [6.45, 7) is 2.00. The van der Waals surface area contributed by atoms with E-state index in [1.165, 1.54) is 31.0 Å². The Labute approximate surface area is 168 Å². The van der Waals surface area contributed by atoms with Crippen LogP contribution in [0.5, 0.6) is 0 Å².